The van der Waals surface area contributed by atoms with Crippen LogP contribution in [-0.2, 0) is 18.4 Å². The largest absolute Gasteiger partial charge is 0.472 e. The molecule has 0 radical (unpaired) electrons. The van der Waals surface area contributed by atoms with E-state index in [0.29, 0.717) is 6.42 Å². The second-order valence-corrected chi connectivity index (χ2v) is 13.2. The number of allylic oxidation sites excluding steroid dienone is 7. The zero-order chi connectivity index (χ0) is 33.3. The van der Waals surface area contributed by atoms with Gasteiger partial charge in [-0.15, -0.1) is 0 Å². The number of hydrogen-bond acceptors (Lipinski definition) is 6. The van der Waals surface area contributed by atoms with Crippen LogP contribution in [0.2, 0.25) is 0 Å². The number of unbranched alkanes of at least 4 members (excludes halogenated alkanes) is 14. The number of rotatable bonds is 32. The van der Waals surface area contributed by atoms with Crippen LogP contribution in [-0.4, -0.2) is 47.8 Å². The van der Waals surface area contributed by atoms with Crippen molar-refractivity contribution in [2.75, 3.05) is 19.8 Å². The average Bonchev–Trinajstić information content (AvgIpc) is 3.02. The van der Waals surface area contributed by atoms with E-state index < -0.39 is 20.0 Å². The summed E-state index contributed by atoms with van der Waals surface area (Å²) in [5, 5.41) is 13.5. The maximum Gasteiger partial charge on any atom is 0.472 e. The predicted octanol–water partition coefficient (Wildman–Crippen LogP) is 8.99. The smallest absolute Gasteiger partial charge is 0.387 e. The number of amides is 1. The van der Waals surface area contributed by atoms with Crippen LogP contribution in [0.4, 0.5) is 0 Å². The molecule has 5 N–H and O–H groups in total. The van der Waals surface area contributed by atoms with Crippen LogP contribution in [0.1, 0.15) is 142 Å². The van der Waals surface area contributed by atoms with Crippen molar-refractivity contribution < 1.29 is 28.4 Å². The van der Waals surface area contributed by atoms with Crippen molar-refractivity contribution in [2.45, 2.75) is 154 Å². The summed E-state index contributed by atoms with van der Waals surface area (Å²) in [6.45, 7) is 3.98. The number of carbonyl (C=O) groups is 1. The lowest BCUT2D eigenvalue weighted by Crippen LogP contribution is -2.45. The zero-order valence-electron chi connectivity index (χ0n) is 28.6. The van der Waals surface area contributed by atoms with E-state index in [1.165, 1.54) is 64.2 Å². The second-order valence-electron chi connectivity index (χ2n) is 11.7. The monoisotopic (exact) mass is 654 g/mol. The Morgan fingerprint density at radius 2 is 1.27 bits per heavy atom. The highest BCUT2D eigenvalue weighted by molar-refractivity contribution is 7.47. The molecule has 0 aliphatic heterocycles. The number of nitrogens with two attached hydrogens (primary N) is 1. The second kappa shape index (κ2) is 32.4. The number of phosphoric acid groups is 1. The highest BCUT2D eigenvalue weighted by atomic mass is 31.2. The Bertz CT molecular complexity index is 845. The molecule has 0 aliphatic carbocycles. The number of aliphatic hydroxyl groups excluding tert-OH is 1. The van der Waals surface area contributed by atoms with Crippen molar-refractivity contribution in [3.8, 4) is 0 Å². The fourth-order valence-corrected chi connectivity index (χ4v) is 5.39. The SMILES string of the molecule is CCCC/C=C/CC/C=C/C(O)C(COP(=O)(O)OCCN)NC(=O)CCCCCCCCC/C=C\C/C=C\CCCCCC. The van der Waals surface area contributed by atoms with Crippen molar-refractivity contribution in [1.82, 2.24) is 5.32 Å². The minimum atomic E-state index is -4.33. The maximum atomic E-state index is 12.6. The molecule has 262 valence electrons. The zero-order valence-corrected chi connectivity index (χ0v) is 29.5. The lowest BCUT2D eigenvalue weighted by molar-refractivity contribution is -0.123. The molecule has 0 saturated heterocycles. The van der Waals surface area contributed by atoms with Gasteiger partial charge in [-0.3, -0.25) is 13.8 Å². The predicted molar refractivity (Wildman–Crippen MR) is 189 cm³/mol. The third-order valence-corrected chi connectivity index (χ3v) is 8.36. The van der Waals surface area contributed by atoms with Crippen LogP contribution in [0.15, 0.2) is 48.6 Å². The number of phosphoric ester groups is 1. The summed E-state index contributed by atoms with van der Waals surface area (Å²) < 4.78 is 21.9. The van der Waals surface area contributed by atoms with E-state index in [0.717, 1.165) is 57.8 Å². The number of aliphatic hydroxyl groups is 1. The molecule has 45 heavy (non-hydrogen) atoms. The molecule has 3 unspecified atom stereocenters. The molecule has 8 nitrogen and oxygen atoms in total. The van der Waals surface area contributed by atoms with Gasteiger partial charge in [0.05, 0.1) is 25.4 Å². The summed E-state index contributed by atoms with van der Waals surface area (Å²) >= 11 is 0. The van der Waals surface area contributed by atoms with Gasteiger partial charge in [-0.05, 0) is 57.8 Å². The standard InChI is InChI=1S/C36H67N2O6P/c1-3-5-7-9-11-13-14-15-16-17-18-19-20-21-22-24-26-28-30-36(40)38-34(33-44-45(41,42)43-32-31-37)35(39)29-27-25-23-12-10-8-6-4-2/h10,12-14,16-17,27,29,34-35,39H,3-9,11,15,18-26,28,30-33,37H2,1-2H3,(H,38,40)(H,41,42)/b12-10+,14-13-,17-16-,29-27+. The highest BCUT2D eigenvalue weighted by Gasteiger charge is 2.26. The Kier molecular flexibility index (Phi) is 31.3. The minimum Gasteiger partial charge on any atom is -0.387 e. The van der Waals surface area contributed by atoms with Gasteiger partial charge in [-0.2, -0.15) is 0 Å². The van der Waals surface area contributed by atoms with Crippen LogP contribution in [0.3, 0.4) is 0 Å². The Labute approximate surface area is 275 Å². The fourth-order valence-electron chi connectivity index (χ4n) is 4.63. The molecule has 0 aromatic heterocycles. The Morgan fingerprint density at radius 3 is 1.91 bits per heavy atom. The van der Waals surface area contributed by atoms with E-state index in [1.54, 1.807) is 6.08 Å². The Morgan fingerprint density at radius 1 is 0.733 bits per heavy atom. The first kappa shape index (κ1) is 43.5. The van der Waals surface area contributed by atoms with Crippen LogP contribution >= 0.6 is 7.82 Å². The lowest BCUT2D eigenvalue weighted by atomic mass is 10.1. The third-order valence-electron chi connectivity index (χ3n) is 7.38. The fraction of sp³-hybridized carbons (Fsp3) is 0.750. The quantitative estimate of drug-likeness (QED) is 0.0323. The van der Waals surface area contributed by atoms with Gasteiger partial charge in [0.1, 0.15) is 0 Å². The van der Waals surface area contributed by atoms with Crippen LogP contribution < -0.4 is 11.1 Å². The van der Waals surface area contributed by atoms with E-state index in [-0.39, 0.29) is 25.7 Å². The molecule has 0 saturated carbocycles. The van der Waals surface area contributed by atoms with Gasteiger partial charge in [0.25, 0.3) is 0 Å². The molecule has 0 spiro atoms. The normalized spacial score (nSPS) is 15.0. The van der Waals surface area contributed by atoms with Crippen LogP contribution in [0.5, 0.6) is 0 Å². The van der Waals surface area contributed by atoms with E-state index in [4.69, 9.17) is 14.8 Å². The molecular weight excluding hydrogens is 587 g/mol. The van der Waals surface area contributed by atoms with Gasteiger partial charge >= 0.3 is 7.82 Å². The molecule has 0 fully saturated rings. The summed E-state index contributed by atoms with van der Waals surface area (Å²) in [4.78, 5) is 22.5. The molecule has 0 bridgehead atoms. The maximum absolute atomic E-state index is 12.6. The average molecular weight is 655 g/mol. The molecule has 0 aliphatic rings. The highest BCUT2D eigenvalue weighted by Crippen LogP contribution is 2.43. The first-order chi connectivity index (χ1) is 21.9. The van der Waals surface area contributed by atoms with Crippen molar-refractivity contribution in [1.29, 1.82) is 0 Å². The van der Waals surface area contributed by atoms with Gasteiger partial charge in [0, 0.05) is 13.0 Å². The Hall–Kier alpha value is -1.54. The molecule has 9 heteroatoms. The van der Waals surface area contributed by atoms with Crippen molar-refractivity contribution in [2.24, 2.45) is 5.73 Å². The van der Waals surface area contributed by atoms with Gasteiger partial charge in [-0.1, -0.05) is 127 Å². The molecule has 0 heterocycles. The molecule has 1 amide bonds. The van der Waals surface area contributed by atoms with Crippen molar-refractivity contribution >= 4 is 13.7 Å². The van der Waals surface area contributed by atoms with Gasteiger partial charge < -0.3 is 21.1 Å². The number of hydrogen-bond donors (Lipinski definition) is 4. The lowest BCUT2D eigenvalue weighted by Gasteiger charge is -2.23. The van der Waals surface area contributed by atoms with Crippen LogP contribution in [0, 0.1) is 0 Å². The molecule has 0 aromatic rings. The van der Waals surface area contributed by atoms with Gasteiger partial charge in [0.2, 0.25) is 5.91 Å². The molecule has 3 atom stereocenters. The Balaban J connectivity index is 4.27. The summed E-state index contributed by atoms with van der Waals surface area (Å²) in [5.41, 5.74) is 5.33. The van der Waals surface area contributed by atoms with Gasteiger partial charge in [-0.25, -0.2) is 4.57 Å². The topological polar surface area (TPSA) is 131 Å². The summed E-state index contributed by atoms with van der Waals surface area (Å²) in [7, 11) is -4.33. The summed E-state index contributed by atoms with van der Waals surface area (Å²) in [6.07, 6.45) is 37.4. The van der Waals surface area contributed by atoms with Crippen molar-refractivity contribution in [3.63, 3.8) is 0 Å². The molecular formula is C36H67N2O6P. The molecule has 0 rings (SSSR count). The molecule has 0 aromatic carbocycles. The first-order valence-corrected chi connectivity index (χ1v) is 19.3. The first-order valence-electron chi connectivity index (χ1n) is 17.8. The number of nitrogens with one attached hydrogen (secondary N) is 1. The van der Waals surface area contributed by atoms with Gasteiger partial charge in [0.15, 0.2) is 0 Å². The van der Waals surface area contributed by atoms with E-state index in [2.05, 4.69) is 55.6 Å². The summed E-state index contributed by atoms with van der Waals surface area (Å²) in [5.74, 6) is -0.219. The third kappa shape index (κ3) is 30.9. The van der Waals surface area contributed by atoms with Crippen LogP contribution in [0.25, 0.3) is 0 Å². The number of carbonyl (C=O) groups excluding carboxylic acids is 1. The van der Waals surface area contributed by atoms with Crippen molar-refractivity contribution in [3.05, 3.63) is 48.6 Å². The minimum absolute atomic E-state index is 0.0705. The van der Waals surface area contributed by atoms with E-state index >= 15 is 0 Å². The van der Waals surface area contributed by atoms with E-state index in [1.807, 2.05) is 6.08 Å². The van der Waals surface area contributed by atoms with E-state index in [9.17, 15) is 19.4 Å². The summed E-state index contributed by atoms with van der Waals surface area (Å²) in [6, 6.07) is -0.878.